The van der Waals surface area contributed by atoms with E-state index in [0.29, 0.717) is 28.7 Å². The van der Waals surface area contributed by atoms with E-state index in [2.05, 4.69) is 0 Å². The minimum absolute atomic E-state index is 0.137. The van der Waals surface area contributed by atoms with Crippen LogP contribution in [0.5, 0.6) is 0 Å². The minimum Gasteiger partial charge on any atom is -0.481 e. The lowest BCUT2D eigenvalue weighted by atomic mass is 10.0. The van der Waals surface area contributed by atoms with E-state index in [1.54, 1.807) is 11.0 Å². The average molecular weight is 314 g/mol. The smallest absolute Gasteiger partial charge is 0.307 e. The number of hydrogen-bond donors (Lipinski definition) is 1. The fourth-order valence-electron chi connectivity index (χ4n) is 2.81. The van der Waals surface area contributed by atoms with Crippen LogP contribution in [0.2, 0.25) is 10.0 Å². The molecule has 20 heavy (non-hydrogen) atoms. The van der Waals surface area contributed by atoms with E-state index < -0.39 is 17.8 Å². The minimum atomic E-state index is -0.900. The highest BCUT2D eigenvalue weighted by Gasteiger charge is 2.50. The molecule has 3 rings (SSSR count). The summed E-state index contributed by atoms with van der Waals surface area (Å²) in [6, 6.07) is 3.44. The molecule has 1 heterocycles. The summed E-state index contributed by atoms with van der Waals surface area (Å²) in [6.45, 7) is 0.579. The van der Waals surface area contributed by atoms with Crippen LogP contribution in [0.3, 0.4) is 0 Å². The molecule has 1 fully saturated rings. The second-order valence-electron chi connectivity index (χ2n) is 5.28. The molecular formula is C14H13Cl2NO3. The molecule has 1 aromatic carbocycles. The second kappa shape index (κ2) is 4.93. The number of anilines is 1. The SMILES string of the molecule is O=C(O)C1CC1C(=O)N1CCCc2cc(Cl)cc(Cl)c21. The highest BCUT2D eigenvalue weighted by atomic mass is 35.5. The maximum atomic E-state index is 12.4. The summed E-state index contributed by atoms with van der Waals surface area (Å²) in [5.74, 6) is -1.99. The molecule has 2 aliphatic rings. The molecule has 106 valence electrons. The Morgan fingerprint density at radius 2 is 2.00 bits per heavy atom. The fourth-order valence-corrected chi connectivity index (χ4v) is 3.45. The van der Waals surface area contributed by atoms with Crippen LogP contribution < -0.4 is 4.90 Å². The zero-order valence-electron chi connectivity index (χ0n) is 10.6. The van der Waals surface area contributed by atoms with Crippen LogP contribution in [0.15, 0.2) is 12.1 Å². The molecule has 1 saturated carbocycles. The van der Waals surface area contributed by atoms with E-state index in [9.17, 15) is 9.59 Å². The molecule has 1 N–H and O–H groups in total. The average Bonchev–Trinajstić information content (AvgIpc) is 3.17. The predicted octanol–water partition coefficient (Wildman–Crippen LogP) is 2.99. The van der Waals surface area contributed by atoms with Crippen molar-refractivity contribution in [2.24, 2.45) is 11.8 Å². The number of carbonyl (C=O) groups excluding carboxylic acids is 1. The van der Waals surface area contributed by atoms with Crippen molar-refractivity contribution in [3.05, 3.63) is 27.7 Å². The first-order chi connectivity index (χ1) is 9.49. The molecule has 1 aliphatic carbocycles. The summed E-state index contributed by atoms with van der Waals surface area (Å²) in [7, 11) is 0. The van der Waals surface area contributed by atoms with Crippen molar-refractivity contribution in [2.75, 3.05) is 11.4 Å². The molecule has 1 aromatic rings. The van der Waals surface area contributed by atoms with E-state index in [-0.39, 0.29) is 5.91 Å². The lowest BCUT2D eigenvalue weighted by molar-refractivity contribution is -0.140. The van der Waals surface area contributed by atoms with Gasteiger partial charge in [-0.3, -0.25) is 9.59 Å². The second-order valence-corrected chi connectivity index (χ2v) is 6.12. The van der Waals surface area contributed by atoms with E-state index in [1.807, 2.05) is 6.07 Å². The summed E-state index contributed by atoms with van der Waals surface area (Å²) < 4.78 is 0. The molecular weight excluding hydrogens is 301 g/mol. The standard InChI is InChI=1S/C14H13Cl2NO3/c15-8-4-7-2-1-3-17(12(7)11(16)5-8)13(18)9-6-10(9)14(19)20/h4-5,9-10H,1-3,6H2,(H,19,20). The highest BCUT2D eigenvalue weighted by molar-refractivity contribution is 6.37. The molecule has 4 nitrogen and oxygen atoms in total. The molecule has 1 amide bonds. The lowest BCUT2D eigenvalue weighted by Gasteiger charge is -2.30. The van der Waals surface area contributed by atoms with Gasteiger partial charge in [0.1, 0.15) is 0 Å². The van der Waals surface area contributed by atoms with Crippen molar-refractivity contribution >= 4 is 40.8 Å². The Morgan fingerprint density at radius 1 is 1.25 bits per heavy atom. The van der Waals surface area contributed by atoms with Crippen molar-refractivity contribution in [2.45, 2.75) is 19.3 Å². The van der Waals surface area contributed by atoms with Gasteiger partial charge in [0.25, 0.3) is 0 Å². The van der Waals surface area contributed by atoms with Crippen LogP contribution in [0.1, 0.15) is 18.4 Å². The Morgan fingerprint density at radius 3 is 2.65 bits per heavy atom. The Hall–Kier alpha value is -1.26. The van der Waals surface area contributed by atoms with Crippen LogP contribution in [-0.4, -0.2) is 23.5 Å². The number of nitrogens with zero attached hydrogens (tertiary/aromatic N) is 1. The van der Waals surface area contributed by atoms with E-state index in [4.69, 9.17) is 28.3 Å². The van der Waals surface area contributed by atoms with Crippen molar-refractivity contribution in [1.82, 2.24) is 0 Å². The molecule has 2 unspecified atom stereocenters. The van der Waals surface area contributed by atoms with Gasteiger partial charge in [0.2, 0.25) is 5.91 Å². The number of amides is 1. The Bertz CT molecular complexity index is 602. The maximum absolute atomic E-state index is 12.4. The summed E-state index contributed by atoms with van der Waals surface area (Å²) in [5, 5.41) is 9.95. The molecule has 1 aliphatic heterocycles. The van der Waals surface area contributed by atoms with Crippen molar-refractivity contribution in [3.8, 4) is 0 Å². The zero-order chi connectivity index (χ0) is 14.4. The lowest BCUT2D eigenvalue weighted by Crippen LogP contribution is -2.37. The molecule has 2 atom stereocenters. The number of aryl methyl sites for hydroxylation is 1. The monoisotopic (exact) mass is 313 g/mol. The summed E-state index contributed by atoms with van der Waals surface area (Å²) >= 11 is 12.2. The van der Waals surface area contributed by atoms with Gasteiger partial charge in [-0.25, -0.2) is 0 Å². The topological polar surface area (TPSA) is 57.6 Å². The first-order valence-corrected chi connectivity index (χ1v) is 7.26. The van der Waals surface area contributed by atoms with Crippen LogP contribution in [-0.2, 0) is 16.0 Å². The van der Waals surface area contributed by atoms with Gasteiger partial charge in [-0.1, -0.05) is 23.2 Å². The third-order valence-corrected chi connectivity index (χ3v) is 4.40. The van der Waals surface area contributed by atoms with Crippen LogP contribution >= 0.6 is 23.2 Å². The number of carbonyl (C=O) groups is 2. The number of benzene rings is 1. The van der Waals surface area contributed by atoms with E-state index in [1.165, 1.54) is 0 Å². The van der Waals surface area contributed by atoms with Crippen molar-refractivity contribution < 1.29 is 14.7 Å². The zero-order valence-corrected chi connectivity index (χ0v) is 12.1. The van der Waals surface area contributed by atoms with Gasteiger partial charge in [-0.05, 0) is 37.0 Å². The normalized spacial score (nSPS) is 24.2. The van der Waals surface area contributed by atoms with Crippen LogP contribution in [0.4, 0.5) is 5.69 Å². The first-order valence-electron chi connectivity index (χ1n) is 6.51. The maximum Gasteiger partial charge on any atom is 0.307 e. The molecule has 6 heteroatoms. The van der Waals surface area contributed by atoms with Gasteiger partial charge >= 0.3 is 5.97 Å². The Labute approximate surface area is 126 Å². The third-order valence-electron chi connectivity index (χ3n) is 3.90. The first kappa shape index (κ1) is 13.7. The number of halogens is 2. The predicted molar refractivity (Wildman–Crippen MR) is 76.4 cm³/mol. The Balaban J connectivity index is 1.91. The van der Waals surface area contributed by atoms with Gasteiger partial charge in [-0.15, -0.1) is 0 Å². The summed E-state index contributed by atoms with van der Waals surface area (Å²) in [6.07, 6.45) is 2.08. The van der Waals surface area contributed by atoms with Gasteiger partial charge in [0.05, 0.1) is 22.5 Å². The third kappa shape index (κ3) is 2.27. The number of fused-ring (bicyclic) bond motifs is 1. The fraction of sp³-hybridized carbons (Fsp3) is 0.429. The molecule has 0 spiro atoms. The summed E-state index contributed by atoms with van der Waals surface area (Å²) in [5.41, 5.74) is 1.65. The number of aliphatic carboxylic acids is 1. The van der Waals surface area contributed by atoms with Gasteiger partial charge in [0.15, 0.2) is 0 Å². The number of hydrogen-bond acceptors (Lipinski definition) is 2. The van der Waals surface area contributed by atoms with Crippen molar-refractivity contribution in [3.63, 3.8) is 0 Å². The molecule has 0 bridgehead atoms. The molecule has 0 aromatic heterocycles. The van der Waals surface area contributed by atoms with Gasteiger partial charge in [0, 0.05) is 11.6 Å². The molecule has 0 saturated heterocycles. The number of carboxylic acids is 1. The summed E-state index contributed by atoms with van der Waals surface area (Å²) in [4.78, 5) is 25.0. The largest absolute Gasteiger partial charge is 0.481 e. The van der Waals surface area contributed by atoms with Crippen LogP contribution in [0.25, 0.3) is 0 Å². The highest BCUT2D eigenvalue weighted by Crippen LogP contribution is 2.44. The van der Waals surface area contributed by atoms with Crippen LogP contribution in [0, 0.1) is 11.8 Å². The molecule has 0 radical (unpaired) electrons. The number of carboxylic acid groups (broad SMARTS) is 1. The van der Waals surface area contributed by atoms with E-state index in [0.717, 1.165) is 18.4 Å². The quantitative estimate of drug-likeness (QED) is 0.913. The van der Waals surface area contributed by atoms with Gasteiger partial charge in [-0.2, -0.15) is 0 Å². The van der Waals surface area contributed by atoms with Crippen molar-refractivity contribution in [1.29, 1.82) is 0 Å². The van der Waals surface area contributed by atoms with E-state index >= 15 is 0 Å². The Kier molecular flexibility index (Phi) is 3.38. The number of rotatable bonds is 2. The van der Waals surface area contributed by atoms with Gasteiger partial charge < -0.3 is 10.0 Å².